The van der Waals surface area contributed by atoms with Crippen LogP contribution in [0, 0.1) is 0 Å². The van der Waals surface area contributed by atoms with Crippen molar-refractivity contribution >= 4 is 15.9 Å². The highest BCUT2D eigenvalue weighted by molar-refractivity contribution is 9.10. The Morgan fingerprint density at radius 3 is 2.58 bits per heavy atom. The predicted molar refractivity (Wildman–Crippen MR) is 69.0 cm³/mol. The van der Waals surface area contributed by atoms with Gasteiger partial charge in [0.2, 0.25) is 0 Å². The molecule has 0 heterocycles. The minimum absolute atomic E-state index is 0.0666. The molecule has 1 aromatic carbocycles. The van der Waals surface area contributed by atoms with Crippen LogP contribution in [0.1, 0.15) is 12.5 Å². The molecule has 1 atom stereocenters. The van der Waals surface area contributed by atoms with Crippen LogP contribution < -0.4 is 10.5 Å². The predicted octanol–water partition coefficient (Wildman–Crippen LogP) is 3.25. The SMILES string of the molecule is CC(N)Cc1cccc(Br)c1OCCOC(F)(F)F. The lowest BCUT2D eigenvalue weighted by atomic mass is 10.1. The van der Waals surface area contributed by atoms with Gasteiger partial charge in [0.1, 0.15) is 12.4 Å². The molecule has 1 unspecified atom stereocenters. The molecule has 1 aromatic rings. The van der Waals surface area contributed by atoms with E-state index < -0.39 is 13.0 Å². The first kappa shape index (κ1) is 16.3. The summed E-state index contributed by atoms with van der Waals surface area (Å²) in [6.45, 7) is 1.11. The maximum Gasteiger partial charge on any atom is 0.522 e. The Kier molecular flexibility index (Phi) is 6.09. The summed E-state index contributed by atoms with van der Waals surface area (Å²) in [6.07, 6.45) is -4.05. The number of hydrogen-bond acceptors (Lipinski definition) is 3. The van der Waals surface area contributed by atoms with Crippen molar-refractivity contribution < 1.29 is 22.6 Å². The van der Waals surface area contributed by atoms with Crippen molar-refractivity contribution in [3.63, 3.8) is 0 Å². The largest absolute Gasteiger partial charge is 0.522 e. The Balaban J connectivity index is 2.61. The number of ether oxygens (including phenoxy) is 2. The molecule has 0 saturated heterocycles. The number of hydrogen-bond donors (Lipinski definition) is 1. The Bertz CT molecular complexity index is 410. The second kappa shape index (κ2) is 7.12. The first-order valence-electron chi connectivity index (χ1n) is 5.66. The molecule has 3 nitrogen and oxygen atoms in total. The van der Waals surface area contributed by atoms with Gasteiger partial charge < -0.3 is 10.5 Å². The van der Waals surface area contributed by atoms with Crippen molar-refractivity contribution in [3.05, 3.63) is 28.2 Å². The molecule has 0 fully saturated rings. The monoisotopic (exact) mass is 341 g/mol. The van der Waals surface area contributed by atoms with E-state index in [0.29, 0.717) is 16.6 Å². The number of rotatable bonds is 6. The van der Waals surface area contributed by atoms with Crippen molar-refractivity contribution in [2.75, 3.05) is 13.2 Å². The van der Waals surface area contributed by atoms with Crippen molar-refractivity contribution in [1.82, 2.24) is 0 Å². The van der Waals surface area contributed by atoms with Crippen LogP contribution in [0.3, 0.4) is 0 Å². The van der Waals surface area contributed by atoms with E-state index in [1.165, 1.54) is 0 Å². The third-order valence-corrected chi connectivity index (χ3v) is 2.81. The molecule has 0 aliphatic heterocycles. The van der Waals surface area contributed by atoms with Gasteiger partial charge in [-0.05, 0) is 40.9 Å². The minimum Gasteiger partial charge on any atom is -0.490 e. The lowest BCUT2D eigenvalue weighted by Crippen LogP contribution is -2.20. The summed E-state index contributed by atoms with van der Waals surface area (Å²) < 4.78 is 45.1. The molecule has 108 valence electrons. The fourth-order valence-electron chi connectivity index (χ4n) is 1.52. The quantitative estimate of drug-likeness (QED) is 0.807. The molecular formula is C12H15BrF3NO2. The average Bonchev–Trinajstić information content (AvgIpc) is 2.25. The van der Waals surface area contributed by atoms with E-state index in [1.807, 2.05) is 19.1 Å². The molecule has 0 saturated carbocycles. The lowest BCUT2D eigenvalue weighted by molar-refractivity contribution is -0.325. The van der Waals surface area contributed by atoms with Crippen molar-refractivity contribution in [3.8, 4) is 5.75 Å². The van der Waals surface area contributed by atoms with E-state index in [9.17, 15) is 13.2 Å². The zero-order valence-corrected chi connectivity index (χ0v) is 11.9. The first-order chi connectivity index (χ1) is 8.79. The topological polar surface area (TPSA) is 44.5 Å². The van der Waals surface area contributed by atoms with Gasteiger partial charge in [0.25, 0.3) is 0 Å². The number of benzene rings is 1. The van der Waals surface area contributed by atoms with Crippen molar-refractivity contribution in [2.45, 2.75) is 25.7 Å². The molecule has 0 bridgehead atoms. The van der Waals surface area contributed by atoms with Crippen LogP contribution in [0.5, 0.6) is 5.75 Å². The van der Waals surface area contributed by atoms with Crippen molar-refractivity contribution in [1.29, 1.82) is 0 Å². The number of para-hydroxylation sites is 1. The first-order valence-corrected chi connectivity index (χ1v) is 6.45. The zero-order chi connectivity index (χ0) is 14.5. The summed E-state index contributed by atoms with van der Waals surface area (Å²) in [5.74, 6) is 0.505. The van der Waals surface area contributed by atoms with Crippen molar-refractivity contribution in [2.24, 2.45) is 5.73 Å². The molecule has 0 aliphatic rings. The van der Waals surface area contributed by atoms with Gasteiger partial charge >= 0.3 is 6.36 Å². The second-order valence-electron chi connectivity index (χ2n) is 4.05. The van der Waals surface area contributed by atoms with Gasteiger partial charge in [0.05, 0.1) is 11.1 Å². The Morgan fingerprint density at radius 1 is 1.32 bits per heavy atom. The Hall–Kier alpha value is -0.790. The molecule has 0 radical (unpaired) electrons. The van der Waals surface area contributed by atoms with Gasteiger partial charge in [-0.15, -0.1) is 13.2 Å². The molecule has 7 heteroatoms. The zero-order valence-electron chi connectivity index (χ0n) is 10.3. The van der Waals surface area contributed by atoms with Gasteiger partial charge in [-0.1, -0.05) is 12.1 Å². The summed E-state index contributed by atoms with van der Waals surface area (Å²) in [5.41, 5.74) is 6.55. The van der Waals surface area contributed by atoms with Crippen LogP contribution in [0.4, 0.5) is 13.2 Å². The fourth-order valence-corrected chi connectivity index (χ4v) is 2.05. The molecule has 0 spiro atoms. The van der Waals surface area contributed by atoms with Crippen LogP contribution in [-0.4, -0.2) is 25.6 Å². The van der Waals surface area contributed by atoms with Gasteiger partial charge in [-0.3, -0.25) is 4.74 Å². The highest BCUT2D eigenvalue weighted by Gasteiger charge is 2.28. The molecule has 2 N–H and O–H groups in total. The summed E-state index contributed by atoms with van der Waals surface area (Å²) in [6, 6.07) is 5.34. The van der Waals surface area contributed by atoms with E-state index >= 15 is 0 Å². The summed E-state index contributed by atoms with van der Waals surface area (Å²) in [5, 5.41) is 0. The van der Waals surface area contributed by atoms with Crippen LogP contribution in [-0.2, 0) is 11.2 Å². The number of halogens is 4. The number of alkyl halides is 3. The van der Waals surface area contributed by atoms with Crippen LogP contribution in [0.2, 0.25) is 0 Å². The standard InChI is InChI=1S/C12H15BrF3NO2/c1-8(17)7-9-3-2-4-10(13)11(9)18-5-6-19-12(14,15)16/h2-4,8H,5-7,17H2,1H3. The lowest BCUT2D eigenvalue weighted by Gasteiger charge is -2.15. The molecular weight excluding hydrogens is 327 g/mol. The molecule has 0 aromatic heterocycles. The summed E-state index contributed by atoms with van der Waals surface area (Å²) in [4.78, 5) is 0. The average molecular weight is 342 g/mol. The summed E-state index contributed by atoms with van der Waals surface area (Å²) >= 11 is 3.30. The third kappa shape index (κ3) is 6.26. The maximum absolute atomic E-state index is 11.8. The van der Waals surface area contributed by atoms with E-state index in [1.54, 1.807) is 6.07 Å². The highest BCUT2D eigenvalue weighted by Crippen LogP contribution is 2.30. The van der Waals surface area contributed by atoms with Crippen LogP contribution >= 0.6 is 15.9 Å². The Morgan fingerprint density at radius 2 is 2.00 bits per heavy atom. The number of nitrogens with two attached hydrogens (primary N) is 1. The fraction of sp³-hybridized carbons (Fsp3) is 0.500. The van der Waals surface area contributed by atoms with E-state index in [2.05, 4.69) is 20.7 Å². The summed E-state index contributed by atoms with van der Waals surface area (Å²) in [7, 11) is 0. The molecule has 0 amide bonds. The van der Waals surface area contributed by atoms with E-state index in [0.717, 1.165) is 5.56 Å². The molecule has 1 rings (SSSR count). The normalized spacial score (nSPS) is 13.4. The highest BCUT2D eigenvalue weighted by atomic mass is 79.9. The van der Waals surface area contributed by atoms with Crippen LogP contribution in [0.15, 0.2) is 22.7 Å². The van der Waals surface area contributed by atoms with Crippen LogP contribution in [0.25, 0.3) is 0 Å². The second-order valence-corrected chi connectivity index (χ2v) is 4.91. The van der Waals surface area contributed by atoms with E-state index in [4.69, 9.17) is 10.5 Å². The maximum atomic E-state index is 11.8. The third-order valence-electron chi connectivity index (χ3n) is 2.19. The van der Waals surface area contributed by atoms with E-state index in [-0.39, 0.29) is 12.6 Å². The van der Waals surface area contributed by atoms with Gasteiger partial charge in [0.15, 0.2) is 0 Å². The van der Waals surface area contributed by atoms with Gasteiger partial charge in [-0.25, -0.2) is 0 Å². The Labute approximate surface area is 118 Å². The van der Waals surface area contributed by atoms with Gasteiger partial charge in [0, 0.05) is 6.04 Å². The molecule has 0 aliphatic carbocycles. The minimum atomic E-state index is -4.63. The molecule has 19 heavy (non-hydrogen) atoms. The van der Waals surface area contributed by atoms with Gasteiger partial charge in [-0.2, -0.15) is 0 Å². The smallest absolute Gasteiger partial charge is 0.490 e.